The fourth-order valence-electron chi connectivity index (χ4n) is 7.93. The van der Waals surface area contributed by atoms with Gasteiger partial charge in [0, 0.05) is 70.5 Å². The molecular weight excluding hydrogens is 629 g/mol. The van der Waals surface area contributed by atoms with Gasteiger partial charge in [-0.3, -0.25) is 0 Å². The molecule has 0 saturated heterocycles. The minimum absolute atomic E-state index is 0.876. The Morgan fingerprint density at radius 1 is 0.420 bits per heavy atom. The number of rotatable bonds is 4. The zero-order valence-electron chi connectivity index (χ0n) is 26.9. The van der Waals surface area contributed by atoms with Crippen molar-refractivity contribution in [2.75, 3.05) is 4.90 Å². The van der Waals surface area contributed by atoms with E-state index in [0.29, 0.717) is 0 Å². The lowest BCUT2D eigenvalue weighted by Crippen LogP contribution is -2.10. The van der Waals surface area contributed by atoms with Gasteiger partial charge in [-0.1, -0.05) is 91.0 Å². The Kier molecular flexibility index (Phi) is 5.83. The van der Waals surface area contributed by atoms with Crippen LogP contribution in [0, 0.1) is 0 Å². The highest BCUT2D eigenvalue weighted by Crippen LogP contribution is 2.45. The van der Waals surface area contributed by atoms with Crippen molar-refractivity contribution in [3.8, 4) is 5.69 Å². The summed E-state index contributed by atoms with van der Waals surface area (Å²) in [5.74, 6) is 0. The van der Waals surface area contributed by atoms with Crippen molar-refractivity contribution in [3.63, 3.8) is 0 Å². The van der Waals surface area contributed by atoms with Crippen LogP contribution in [0.25, 0.3) is 80.4 Å². The van der Waals surface area contributed by atoms with E-state index in [1.54, 1.807) is 0 Å². The number of anilines is 3. The van der Waals surface area contributed by atoms with Crippen molar-refractivity contribution in [1.82, 2.24) is 4.57 Å². The topological polar surface area (TPSA) is 21.3 Å². The lowest BCUT2D eigenvalue weighted by atomic mass is 10.0. The minimum atomic E-state index is 0.876. The van der Waals surface area contributed by atoms with Gasteiger partial charge in [0.15, 0.2) is 0 Å². The standard InChI is InChI=1S/C46H28N2OS/c1-2-11-30(12-3-1)48-40-16-8-6-14-35(40)36-22-19-32(27-41(36)48)47(33-20-23-38-37-15-7-9-17-42(37)49-43(38)28-33)31-21-25-44-39(26-31)46-34-13-5-4-10-29(34)18-24-45(46)50-44/h1-28H. The summed E-state index contributed by atoms with van der Waals surface area (Å²) >= 11 is 1.86. The van der Waals surface area contributed by atoms with Crippen molar-refractivity contribution < 1.29 is 4.42 Å². The number of hydrogen-bond acceptors (Lipinski definition) is 3. The van der Waals surface area contributed by atoms with Gasteiger partial charge in [0.1, 0.15) is 11.2 Å². The van der Waals surface area contributed by atoms with Gasteiger partial charge >= 0.3 is 0 Å². The van der Waals surface area contributed by atoms with E-state index in [1.165, 1.54) is 47.2 Å². The summed E-state index contributed by atoms with van der Waals surface area (Å²) in [6, 6.07) is 61.3. The van der Waals surface area contributed by atoms with Crippen molar-refractivity contribution in [2.24, 2.45) is 0 Å². The van der Waals surface area contributed by atoms with Crippen LogP contribution >= 0.6 is 11.3 Å². The zero-order valence-corrected chi connectivity index (χ0v) is 27.7. The molecule has 3 nitrogen and oxygen atoms in total. The summed E-state index contributed by atoms with van der Waals surface area (Å²) in [4.78, 5) is 2.38. The summed E-state index contributed by atoms with van der Waals surface area (Å²) in [5.41, 5.74) is 8.50. The van der Waals surface area contributed by atoms with Gasteiger partial charge in [-0.25, -0.2) is 0 Å². The summed E-state index contributed by atoms with van der Waals surface area (Å²) in [7, 11) is 0. The first-order valence-electron chi connectivity index (χ1n) is 16.9. The number of benzene rings is 8. The van der Waals surface area contributed by atoms with Crippen molar-refractivity contribution in [2.45, 2.75) is 0 Å². The Balaban J connectivity index is 1.20. The molecule has 0 atom stereocenters. The first kappa shape index (κ1) is 27.6. The molecule has 0 N–H and O–H groups in total. The second-order valence-corrected chi connectivity index (χ2v) is 14.0. The van der Waals surface area contributed by atoms with Crippen molar-refractivity contribution >= 4 is 103 Å². The molecule has 0 aliphatic heterocycles. The number of hydrogen-bond donors (Lipinski definition) is 0. The van der Waals surface area contributed by atoms with E-state index < -0.39 is 0 Å². The van der Waals surface area contributed by atoms with Gasteiger partial charge in [0.25, 0.3) is 0 Å². The fraction of sp³-hybridized carbons (Fsp3) is 0. The van der Waals surface area contributed by atoms with E-state index >= 15 is 0 Å². The summed E-state index contributed by atoms with van der Waals surface area (Å²) in [5, 5.41) is 9.86. The Bertz CT molecular complexity index is 3110. The third kappa shape index (κ3) is 4.03. The van der Waals surface area contributed by atoms with E-state index in [4.69, 9.17) is 4.42 Å². The van der Waals surface area contributed by atoms with Crippen LogP contribution in [0.1, 0.15) is 0 Å². The Hall–Kier alpha value is -6.36. The quantitative estimate of drug-likeness (QED) is 0.188. The van der Waals surface area contributed by atoms with Crippen LogP contribution in [-0.4, -0.2) is 4.57 Å². The van der Waals surface area contributed by atoms with Crippen LogP contribution < -0.4 is 4.90 Å². The zero-order chi connectivity index (χ0) is 32.8. The van der Waals surface area contributed by atoms with Gasteiger partial charge in [0.2, 0.25) is 0 Å². The lowest BCUT2D eigenvalue weighted by molar-refractivity contribution is 0.669. The molecule has 0 bridgehead atoms. The molecule has 0 aliphatic rings. The summed E-state index contributed by atoms with van der Waals surface area (Å²) in [6.07, 6.45) is 0. The molecular formula is C46H28N2OS. The molecule has 11 aromatic rings. The highest BCUT2D eigenvalue weighted by Gasteiger charge is 2.20. The molecule has 0 saturated carbocycles. The highest BCUT2D eigenvalue weighted by molar-refractivity contribution is 7.26. The number of para-hydroxylation sites is 3. The van der Waals surface area contributed by atoms with E-state index in [0.717, 1.165) is 50.2 Å². The van der Waals surface area contributed by atoms with Gasteiger partial charge in [-0.15, -0.1) is 11.3 Å². The molecule has 50 heavy (non-hydrogen) atoms. The third-order valence-electron chi connectivity index (χ3n) is 10.2. The minimum Gasteiger partial charge on any atom is -0.456 e. The third-order valence-corrected chi connectivity index (χ3v) is 11.3. The van der Waals surface area contributed by atoms with Crippen LogP contribution in [0.4, 0.5) is 17.1 Å². The molecule has 3 aromatic heterocycles. The van der Waals surface area contributed by atoms with Gasteiger partial charge < -0.3 is 13.9 Å². The predicted octanol–water partition coefficient (Wildman–Crippen LogP) is 13.7. The van der Waals surface area contributed by atoms with Gasteiger partial charge in [0.05, 0.1) is 11.0 Å². The smallest absolute Gasteiger partial charge is 0.137 e. The number of fused-ring (bicyclic) bond motifs is 11. The van der Waals surface area contributed by atoms with Gasteiger partial charge in [-0.05, 0) is 83.6 Å². The average molecular weight is 657 g/mol. The second kappa shape index (κ2) is 10.6. The maximum atomic E-state index is 6.44. The largest absolute Gasteiger partial charge is 0.456 e. The molecule has 3 heterocycles. The molecule has 4 heteroatoms. The number of furan rings is 1. The monoisotopic (exact) mass is 656 g/mol. The molecule has 0 fully saturated rings. The Morgan fingerprint density at radius 3 is 1.96 bits per heavy atom. The van der Waals surface area contributed by atoms with E-state index in [2.05, 4.69) is 167 Å². The first-order chi connectivity index (χ1) is 24.8. The Labute approximate surface area is 291 Å². The predicted molar refractivity (Wildman–Crippen MR) is 213 cm³/mol. The normalized spacial score (nSPS) is 12.0. The van der Waals surface area contributed by atoms with Crippen LogP contribution in [0.3, 0.4) is 0 Å². The molecule has 8 aromatic carbocycles. The van der Waals surface area contributed by atoms with Crippen LogP contribution in [0.15, 0.2) is 174 Å². The van der Waals surface area contributed by atoms with Crippen molar-refractivity contribution in [1.29, 1.82) is 0 Å². The van der Waals surface area contributed by atoms with Gasteiger partial charge in [-0.2, -0.15) is 0 Å². The second-order valence-electron chi connectivity index (χ2n) is 12.9. The first-order valence-corrected chi connectivity index (χ1v) is 17.7. The van der Waals surface area contributed by atoms with Crippen LogP contribution in [-0.2, 0) is 0 Å². The van der Waals surface area contributed by atoms with Crippen LogP contribution in [0.5, 0.6) is 0 Å². The average Bonchev–Trinajstić information content (AvgIpc) is 3.84. The molecule has 0 unspecified atom stereocenters. The number of nitrogens with zero attached hydrogens (tertiary/aromatic N) is 2. The SMILES string of the molecule is c1ccc(-n2c3ccccc3c3ccc(N(c4ccc5c(c4)oc4ccccc45)c4ccc5sc6ccc7ccccc7c6c5c4)cc32)cc1. The fourth-order valence-corrected chi connectivity index (χ4v) is 9.03. The maximum absolute atomic E-state index is 6.44. The summed E-state index contributed by atoms with van der Waals surface area (Å²) in [6.45, 7) is 0. The highest BCUT2D eigenvalue weighted by atomic mass is 32.1. The van der Waals surface area contributed by atoms with E-state index in [1.807, 2.05) is 23.5 Å². The van der Waals surface area contributed by atoms with Crippen LogP contribution in [0.2, 0.25) is 0 Å². The molecule has 0 amide bonds. The molecule has 0 radical (unpaired) electrons. The molecule has 0 spiro atoms. The molecule has 0 aliphatic carbocycles. The molecule has 234 valence electrons. The molecule has 11 rings (SSSR count). The maximum Gasteiger partial charge on any atom is 0.137 e. The van der Waals surface area contributed by atoms with E-state index in [9.17, 15) is 0 Å². The van der Waals surface area contributed by atoms with Crippen molar-refractivity contribution in [3.05, 3.63) is 170 Å². The Morgan fingerprint density at radius 2 is 1.06 bits per heavy atom. The summed E-state index contributed by atoms with van der Waals surface area (Å²) < 4.78 is 11.4. The number of aromatic nitrogens is 1. The lowest BCUT2D eigenvalue weighted by Gasteiger charge is -2.26. The van der Waals surface area contributed by atoms with E-state index in [-0.39, 0.29) is 0 Å². The number of thiophene rings is 1.